The molecule has 2 aliphatic rings. The maximum atomic E-state index is 13.3. The molecule has 0 aliphatic carbocycles. The monoisotopic (exact) mass is 1070 g/mol. The van der Waals surface area contributed by atoms with Crippen molar-refractivity contribution in [1.82, 2.24) is 10.6 Å². The van der Waals surface area contributed by atoms with Crippen LogP contribution in [0.2, 0.25) is 10.0 Å². The molecule has 2 fully saturated rings. The number of thioether (sulfide) groups is 1. The number of nitrogens with one attached hydrogen (secondary N) is 2. The average molecular weight is 1070 g/mol. The second kappa shape index (κ2) is 26.8. The van der Waals surface area contributed by atoms with Crippen molar-refractivity contribution in [1.29, 1.82) is 0 Å². The second-order valence-electron chi connectivity index (χ2n) is 15.1. The third-order valence-electron chi connectivity index (χ3n) is 11.0. The Hall–Kier alpha value is -2.50. The van der Waals surface area contributed by atoms with Crippen LogP contribution in [0.4, 0.5) is 0 Å². The van der Waals surface area contributed by atoms with Gasteiger partial charge in [-0.05, 0) is 114 Å². The van der Waals surface area contributed by atoms with E-state index in [0.717, 1.165) is 53.6 Å². The number of hydrogen-bond donors (Lipinski definition) is 3. The van der Waals surface area contributed by atoms with Gasteiger partial charge in [-0.25, -0.2) is 0 Å². The molecular formula is C51H40Cl2K2N2O7S4. The third-order valence-corrected chi connectivity index (χ3v) is 14.9. The number of ketones is 2. The van der Waals surface area contributed by atoms with Crippen LogP contribution < -0.4 is 119 Å². The van der Waals surface area contributed by atoms with Crippen LogP contribution >= 0.6 is 70.3 Å². The van der Waals surface area contributed by atoms with Gasteiger partial charge in [-0.15, -0.1) is 24.4 Å². The minimum atomic E-state index is -0.879. The Morgan fingerprint density at radius 3 is 1.57 bits per heavy atom. The summed E-state index contributed by atoms with van der Waals surface area (Å²) in [6.07, 6.45) is 0.462. The maximum Gasteiger partial charge on any atom is 1.00 e. The number of amides is 2. The average Bonchev–Trinajstić information content (AvgIpc) is 4.09. The molecule has 2 aromatic heterocycles. The van der Waals surface area contributed by atoms with Gasteiger partial charge in [0.1, 0.15) is 11.0 Å². The molecule has 17 heteroatoms. The van der Waals surface area contributed by atoms with Crippen molar-refractivity contribution in [3.8, 4) is 0 Å². The number of piperidine rings is 2. The van der Waals surface area contributed by atoms with Gasteiger partial charge in [-0.3, -0.25) is 24.0 Å². The van der Waals surface area contributed by atoms with Crippen molar-refractivity contribution in [2.24, 2.45) is 0 Å². The van der Waals surface area contributed by atoms with Crippen molar-refractivity contribution >= 4 is 122 Å². The first kappa shape index (κ1) is 56.4. The standard InChI is InChI=1S/C25H18ClNO2S2.C19H15NO2S.C6H5ClS.CH2O3.2K.H/c26-20-7-3-4-8-22(20)31-23-21(28)14-25(27-24(23)29,19-11-12-30-15-19)18-10-9-16-5-1-2-6-17(16)13-18;21-17-10-18(22)20-19(11-17,16-7-8-23-12-16)15-6-5-13-3-1-2-4-14(13)9-15;7-5-3-1-2-4-6(5)8;2-1-4-3;;;/h1-13,15,23H,14H2,(H,27,29);1-9,12H,10-11H2,(H,20,22);1-4,8H;1,3H;;;/q;;;;2*+1;-1/p-1. The van der Waals surface area contributed by atoms with Crippen LogP contribution in [0.3, 0.4) is 0 Å². The Kier molecular flexibility index (Phi) is 22.2. The molecule has 0 spiro atoms. The molecule has 4 heterocycles. The van der Waals surface area contributed by atoms with E-state index in [4.69, 9.17) is 33.3 Å². The topological polar surface area (TPSA) is 142 Å². The number of Topliss-reactive ketones (excluding diaryl/α,β-unsaturated/α-hetero) is 2. The van der Waals surface area contributed by atoms with Crippen molar-refractivity contribution in [2.45, 2.75) is 45.4 Å². The molecule has 3 unspecified atom stereocenters. The summed E-state index contributed by atoms with van der Waals surface area (Å²) in [6, 6.07) is 47.1. The summed E-state index contributed by atoms with van der Waals surface area (Å²) in [5.74, 6) is -0.623. The molecule has 0 bridgehead atoms. The summed E-state index contributed by atoms with van der Waals surface area (Å²) in [7, 11) is 0. The summed E-state index contributed by atoms with van der Waals surface area (Å²) in [6.45, 7) is -0.181. The van der Waals surface area contributed by atoms with Crippen LogP contribution in [-0.2, 0) is 39.9 Å². The van der Waals surface area contributed by atoms with E-state index in [1.165, 1.54) is 11.8 Å². The fourth-order valence-electron chi connectivity index (χ4n) is 7.88. The fraction of sp³-hybridized carbons (Fsp3) is 0.118. The van der Waals surface area contributed by atoms with E-state index < -0.39 is 16.3 Å². The molecule has 2 aliphatic heterocycles. The first-order valence-corrected chi connectivity index (χ1v) is 24.2. The molecule has 2 amide bonds. The molecule has 2 saturated heterocycles. The number of carbonyl (C=O) groups is 5. The van der Waals surface area contributed by atoms with Crippen molar-refractivity contribution < 1.29 is 138 Å². The Bertz CT molecular complexity index is 2970. The summed E-state index contributed by atoms with van der Waals surface area (Å²) < 4.78 is 0. The normalized spacial score (nSPS) is 18.3. The first-order chi connectivity index (χ1) is 32.0. The predicted octanol–water partition coefficient (Wildman–Crippen LogP) is 4.86. The Morgan fingerprint density at radius 2 is 1.13 bits per heavy atom. The van der Waals surface area contributed by atoms with E-state index in [-0.39, 0.29) is 147 Å². The van der Waals surface area contributed by atoms with Gasteiger partial charge >= 0.3 is 103 Å². The second-order valence-corrected chi connectivity index (χ2v) is 19.1. The molecule has 9 nitrogen and oxygen atoms in total. The summed E-state index contributed by atoms with van der Waals surface area (Å²) in [5, 5.41) is 27.6. The fourth-order valence-corrected chi connectivity index (χ4v) is 10.9. The van der Waals surface area contributed by atoms with Gasteiger partial charge in [0.15, 0.2) is 5.78 Å². The molecular weight excluding hydrogens is 1030 g/mol. The number of carbonyl (C=O) groups excluding carboxylic acids is 5. The van der Waals surface area contributed by atoms with Gasteiger partial charge in [0.05, 0.1) is 27.5 Å². The zero-order valence-electron chi connectivity index (χ0n) is 37.7. The van der Waals surface area contributed by atoms with Gasteiger partial charge in [-0.1, -0.05) is 120 Å². The van der Waals surface area contributed by atoms with Gasteiger partial charge in [0, 0.05) is 22.6 Å². The van der Waals surface area contributed by atoms with E-state index in [9.17, 15) is 19.2 Å². The molecule has 10 rings (SSSR count). The Balaban J connectivity index is 0.000000240. The van der Waals surface area contributed by atoms with Crippen LogP contribution in [0.25, 0.3) is 21.5 Å². The number of rotatable bonds is 7. The van der Waals surface area contributed by atoms with E-state index in [2.05, 4.69) is 52.4 Å². The first-order valence-electron chi connectivity index (χ1n) is 20.2. The van der Waals surface area contributed by atoms with E-state index in [1.54, 1.807) is 28.7 Å². The summed E-state index contributed by atoms with van der Waals surface area (Å²) in [4.78, 5) is 63.7. The number of fused-ring (bicyclic) bond motifs is 2. The number of thiol groups is 1. The van der Waals surface area contributed by atoms with Crippen LogP contribution in [0.1, 0.15) is 42.9 Å². The van der Waals surface area contributed by atoms with E-state index in [1.807, 2.05) is 137 Å². The molecule has 0 saturated carbocycles. The van der Waals surface area contributed by atoms with Gasteiger partial charge in [0.2, 0.25) is 11.8 Å². The molecule has 336 valence electrons. The zero-order chi connectivity index (χ0) is 46.7. The van der Waals surface area contributed by atoms with Crippen LogP contribution in [0.15, 0.2) is 177 Å². The molecule has 8 aromatic rings. The minimum absolute atomic E-state index is 0. The zero-order valence-corrected chi connectivity index (χ0v) is 47.8. The van der Waals surface area contributed by atoms with Gasteiger partial charge in [-0.2, -0.15) is 22.7 Å². The smallest absolute Gasteiger partial charge is 1.00 e. The van der Waals surface area contributed by atoms with Gasteiger partial charge in [0.25, 0.3) is 6.47 Å². The Morgan fingerprint density at radius 1 is 0.647 bits per heavy atom. The number of benzene rings is 6. The van der Waals surface area contributed by atoms with Crippen molar-refractivity contribution in [3.63, 3.8) is 0 Å². The molecule has 68 heavy (non-hydrogen) atoms. The molecule has 6 aromatic carbocycles. The SMILES string of the molecule is O=C1CC(=O)NC(c2ccsc2)(c2ccc3ccccc3c2)C1.O=C1CC(c2ccsc2)(c2ccc3ccccc3c2)NC(=O)C1Sc1ccccc1Cl.O=CO[O-].Sc1ccccc1Cl.[H-].[K+].[K+]. The quantitative estimate of drug-likeness (QED) is 0.0514. The van der Waals surface area contributed by atoms with E-state index in [0.29, 0.717) is 16.5 Å². The number of thiophene rings is 2. The van der Waals surface area contributed by atoms with Crippen LogP contribution in [-0.4, -0.2) is 35.1 Å². The third kappa shape index (κ3) is 13.7. The number of halogens is 2. The molecule has 0 radical (unpaired) electrons. The number of hydrogen-bond acceptors (Lipinski definition) is 11. The summed E-state index contributed by atoms with van der Waals surface area (Å²) >= 11 is 20.3. The van der Waals surface area contributed by atoms with Crippen LogP contribution in [0.5, 0.6) is 0 Å². The minimum Gasteiger partial charge on any atom is -1.00 e. The maximum absolute atomic E-state index is 13.3. The van der Waals surface area contributed by atoms with Crippen molar-refractivity contribution in [2.75, 3.05) is 0 Å². The molecule has 3 atom stereocenters. The molecule has 2 N–H and O–H groups in total. The van der Waals surface area contributed by atoms with Crippen molar-refractivity contribution in [3.05, 3.63) is 199 Å². The predicted molar refractivity (Wildman–Crippen MR) is 266 cm³/mol. The Labute approximate surface area is 507 Å². The van der Waals surface area contributed by atoms with E-state index >= 15 is 0 Å². The summed E-state index contributed by atoms with van der Waals surface area (Å²) in [5.41, 5.74) is 2.13. The largest absolute Gasteiger partial charge is 1.00 e. The van der Waals surface area contributed by atoms with Gasteiger partial charge < -0.3 is 22.2 Å². The van der Waals surface area contributed by atoms with Crippen LogP contribution in [0, 0.1) is 0 Å².